The van der Waals surface area contributed by atoms with Crippen LogP contribution < -0.4 is 10.2 Å². The summed E-state index contributed by atoms with van der Waals surface area (Å²) in [7, 11) is -4.77. The number of hydrogen-bond donors (Lipinski definition) is 1. The number of hydrogen-bond acceptors (Lipinski definition) is 15. The number of nitrogens with one attached hydrogen (secondary N) is 1. The van der Waals surface area contributed by atoms with Gasteiger partial charge >= 0.3 is 10.1 Å². The molecule has 0 radical (unpaired) electrons. The van der Waals surface area contributed by atoms with Gasteiger partial charge in [-0.2, -0.15) is 8.42 Å². The maximum atomic E-state index is 14.0. The standard InChI is InChI=1S/C14H8BrFN2O8S.C14H16FN3O.C10H7BrFNO.C8H6BrFO/c15-10-5-8(1-3-11(10)16)13(19)7-26-27(24,25)14-4-2-9(17(20)21)6-12(14)18(22)23;1-10-17-13(9-19-10)11-2-3-12(15)14(8-11)18-6-4-16-5-7-18;1-6-13-10(5-14-6)7-2-3-9(12)8(11)4-7;1-5(11)6-2-3-8(10)7(9)4-6/h1-6H,7H2;2-3,8-9,16H,4-7H2,1H3;2-5H,1H3;2-4H,1H3. The van der Waals surface area contributed by atoms with E-state index in [1.807, 2.05) is 6.07 Å². The Morgan fingerprint density at radius 2 is 1.20 bits per heavy atom. The van der Waals surface area contributed by atoms with Gasteiger partial charge in [0.25, 0.3) is 11.4 Å². The zero-order valence-corrected chi connectivity index (χ0v) is 42.7. The van der Waals surface area contributed by atoms with Crippen LogP contribution in [0.1, 0.15) is 39.4 Å². The summed E-state index contributed by atoms with van der Waals surface area (Å²) in [6.07, 6.45) is 3.15. The first-order valence-electron chi connectivity index (χ1n) is 20.4. The molecule has 7 aromatic rings. The number of aryl methyl sites for hydroxylation is 2. The lowest BCUT2D eigenvalue weighted by Gasteiger charge is -2.29. The van der Waals surface area contributed by atoms with E-state index < -0.39 is 54.4 Å². The Morgan fingerprint density at radius 3 is 1.68 bits per heavy atom. The number of non-ortho nitro benzene ring substituents is 1. The van der Waals surface area contributed by atoms with Gasteiger partial charge in [-0.1, -0.05) is 0 Å². The monoisotopic (exact) mass is 1190 g/mol. The second kappa shape index (κ2) is 25.0. The molecule has 5 aromatic carbocycles. The third kappa shape index (κ3) is 15.5. The number of nitro benzene ring substituents is 2. The van der Waals surface area contributed by atoms with Crippen LogP contribution in [0.4, 0.5) is 34.6 Å². The summed E-state index contributed by atoms with van der Waals surface area (Å²) in [5, 5.41) is 25.0. The molecule has 25 heteroatoms. The molecule has 2 aromatic heterocycles. The van der Waals surface area contributed by atoms with Gasteiger partial charge in [0.2, 0.25) is 0 Å². The van der Waals surface area contributed by atoms with E-state index in [2.05, 4.69) is 72.2 Å². The minimum Gasteiger partial charge on any atom is -0.449 e. The molecule has 0 aliphatic carbocycles. The Hall–Kier alpha value is -6.51. The smallest absolute Gasteiger partial charge is 0.304 e. The second-order valence-corrected chi connectivity index (χ2v) is 18.8. The molecule has 3 heterocycles. The number of aromatic nitrogens is 2. The van der Waals surface area contributed by atoms with Crippen LogP contribution in [0.3, 0.4) is 0 Å². The van der Waals surface area contributed by atoms with Gasteiger partial charge in [-0.05, 0) is 134 Å². The highest BCUT2D eigenvalue weighted by atomic mass is 79.9. The molecular formula is C46H37Br3F4N6O11S. The van der Waals surface area contributed by atoms with Crippen LogP contribution in [0.25, 0.3) is 22.5 Å². The van der Waals surface area contributed by atoms with Gasteiger partial charge in [0.05, 0.1) is 35.0 Å². The van der Waals surface area contributed by atoms with Crippen LogP contribution in [0.15, 0.2) is 131 Å². The number of nitrogens with zero attached hydrogens (tertiary/aromatic N) is 5. The van der Waals surface area contributed by atoms with E-state index in [0.717, 1.165) is 67.3 Å². The molecule has 8 rings (SSSR count). The quantitative estimate of drug-likeness (QED) is 0.0417. The minimum absolute atomic E-state index is 0.0257. The molecule has 0 saturated carbocycles. The van der Waals surface area contributed by atoms with Gasteiger partial charge in [0, 0.05) is 68.3 Å². The van der Waals surface area contributed by atoms with Gasteiger partial charge in [-0.15, -0.1) is 0 Å². The number of oxazole rings is 2. The topological polar surface area (TPSA) is 231 Å². The average molecular weight is 1200 g/mol. The van der Waals surface area contributed by atoms with Crippen LogP contribution in [-0.2, 0) is 14.3 Å². The fourth-order valence-corrected chi connectivity index (χ4v) is 8.25. The lowest BCUT2D eigenvalue weighted by molar-refractivity contribution is -0.396. The normalized spacial score (nSPS) is 12.1. The van der Waals surface area contributed by atoms with E-state index in [0.29, 0.717) is 49.8 Å². The maximum Gasteiger partial charge on any atom is 0.304 e. The van der Waals surface area contributed by atoms with Crippen molar-refractivity contribution in [1.82, 2.24) is 15.3 Å². The van der Waals surface area contributed by atoms with Crippen LogP contribution in [-0.4, -0.2) is 72.6 Å². The minimum atomic E-state index is -4.77. The van der Waals surface area contributed by atoms with E-state index >= 15 is 0 Å². The van der Waals surface area contributed by atoms with Crippen LogP contribution in [0, 0.1) is 57.3 Å². The molecule has 0 unspecified atom stereocenters. The number of carbonyl (C=O) groups is 2. The van der Waals surface area contributed by atoms with Gasteiger partial charge in [0.15, 0.2) is 28.2 Å². The van der Waals surface area contributed by atoms with Crippen molar-refractivity contribution in [2.45, 2.75) is 25.7 Å². The van der Waals surface area contributed by atoms with Gasteiger partial charge in [0.1, 0.15) is 53.8 Å². The molecule has 0 spiro atoms. The van der Waals surface area contributed by atoms with Gasteiger partial charge in [-0.25, -0.2) is 27.5 Å². The molecule has 1 fully saturated rings. The summed E-state index contributed by atoms with van der Waals surface area (Å²) in [5.74, 6) is -1.14. The maximum absolute atomic E-state index is 14.0. The Balaban J connectivity index is 0.000000186. The molecule has 1 N–H and O–H groups in total. The fraction of sp³-hybridized carbons (Fsp3) is 0.174. The zero-order valence-electron chi connectivity index (χ0n) is 37.1. The molecular weight excluding hydrogens is 1160 g/mol. The largest absolute Gasteiger partial charge is 0.449 e. The van der Waals surface area contributed by atoms with Crippen molar-refractivity contribution in [3.8, 4) is 22.5 Å². The highest BCUT2D eigenvalue weighted by Gasteiger charge is 2.30. The van der Waals surface area contributed by atoms with Crippen molar-refractivity contribution < 1.29 is 58.4 Å². The number of carbonyl (C=O) groups excluding carboxylic acids is 2. The first-order valence-corrected chi connectivity index (χ1v) is 24.1. The summed E-state index contributed by atoms with van der Waals surface area (Å²) < 4.78 is 92.6. The summed E-state index contributed by atoms with van der Waals surface area (Å²) in [6.45, 7) is 7.40. The fourth-order valence-electron chi connectivity index (χ4n) is 6.10. The number of anilines is 1. The number of halogens is 7. The molecule has 1 aliphatic rings. The summed E-state index contributed by atoms with van der Waals surface area (Å²) in [4.78, 5) is 52.0. The molecule has 0 amide bonds. The Labute approximate surface area is 427 Å². The number of ketones is 2. The number of piperazine rings is 1. The SMILES string of the molecule is CC(=O)c1ccc(F)c(Br)c1.Cc1nc(-c2ccc(F)c(Br)c2)co1.Cc1nc(-c2ccc(F)c(N3CCNCC3)c2)co1.O=C(COS(=O)(=O)c1ccc([N+](=O)[O-])cc1[N+](=O)[O-])c1ccc(F)c(Br)c1. The molecule has 0 atom stereocenters. The lowest BCUT2D eigenvalue weighted by atomic mass is 10.1. The van der Waals surface area contributed by atoms with Crippen molar-refractivity contribution >= 4 is 86.5 Å². The van der Waals surface area contributed by atoms with E-state index in [-0.39, 0.29) is 33.3 Å². The van der Waals surface area contributed by atoms with Crippen molar-refractivity contribution in [2.24, 2.45) is 0 Å². The predicted molar refractivity (Wildman–Crippen MR) is 261 cm³/mol. The summed E-state index contributed by atoms with van der Waals surface area (Å²) >= 11 is 8.97. The average Bonchev–Trinajstić information content (AvgIpc) is 3.99. The summed E-state index contributed by atoms with van der Waals surface area (Å²) in [5.41, 5.74) is 2.50. The number of benzene rings is 5. The van der Waals surface area contributed by atoms with Crippen LogP contribution in [0.2, 0.25) is 0 Å². The van der Waals surface area contributed by atoms with E-state index in [9.17, 15) is 55.8 Å². The molecule has 71 heavy (non-hydrogen) atoms. The highest BCUT2D eigenvalue weighted by molar-refractivity contribution is 9.11. The van der Waals surface area contributed by atoms with Crippen molar-refractivity contribution in [3.63, 3.8) is 0 Å². The molecule has 17 nitrogen and oxygen atoms in total. The lowest BCUT2D eigenvalue weighted by Crippen LogP contribution is -2.43. The Kier molecular flexibility index (Phi) is 19.6. The number of nitro groups is 2. The van der Waals surface area contributed by atoms with E-state index in [4.69, 9.17) is 8.83 Å². The Bertz CT molecular complexity index is 3210. The third-order valence-electron chi connectivity index (χ3n) is 9.69. The van der Waals surface area contributed by atoms with Crippen molar-refractivity contribution in [2.75, 3.05) is 37.7 Å². The summed E-state index contributed by atoms with van der Waals surface area (Å²) in [6, 6.07) is 19.1. The third-order valence-corrected chi connectivity index (χ3v) is 12.8. The van der Waals surface area contributed by atoms with Gasteiger partial charge in [-0.3, -0.25) is 34.0 Å². The van der Waals surface area contributed by atoms with Crippen LogP contribution >= 0.6 is 47.8 Å². The molecule has 1 saturated heterocycles. The number of rotatable bonds is 11. The molecule has 0 bridgehead atoms. The van der Waals surface area contributed by atoms with Gasteiger partial charge < -0.3 is 19.1 Å². The first-order chi connectivity index (χ1) is 33.5. The second-order valence-electron chi connectivity index (χ2n) is 14.7. The van der Waals surface area contributed by atoms with Crippen molar-refractivity contribution in [3.05, 3.63) is 183 Å². The van der Waals surface area contributed by atoms with Crippen LogP contribution in [0.5, 0.6) is 0 Å². The highest BCUT2D eigenvalue weighted by Crippen LogP contribution is 2.31. The molecule has 372 valence electrons. The van der Waals surface area contributed by atoms with E-state index in [1.54, 1.807) is 44.6 Å². The van der Waals surface area contributed by atoms with Crippen molar-refractivity contribution in [1.29, 1.82) is 0 Å². The molecule has 1 aliphatic heterocycles. The Morgan fingerprint density at radius 1 is 0.704 bits per heavy atom. The zero-order chi connectivity index (χ0) is 52.2. The predicted octanol–water partition coefficient (Wildman–Crippen LogP) is 11.5. The number of Topliss-reactive ketones (excluding diaryl/α,β-unsaturated/α-hetero) is 2. The first kappa shape index (κ1) is 55.4. The van der Waals surface area contributed by atoms with E-state index in [1.165, 1.54) is 37.3 Å².